The number of anilines is 1. The highest BCUT2D eigenvalue weighted by Crippen LogP contribution is 2.22. The van der Waals surface area contributed by atoms with Gasteiger partial charge in [0.05, 0.1) is 15.5 Å². The molecule has 0 aromatic heterocycles. The second-order valence-electron chi connectivity index (χ2n) is 5.81. The highest BCUT2D eigenvalue weighted by atomic mass is 35.5. The van der Waals surface area contributed by atoms with Crippen molar-refractivity contribution in [3.05, 3.63) is 58.9 Å². The Kier molecular flexibility index (Phi) is 6.57. The van der Waals surface area contributed by atoms with Crippen LogP contribution in [0.15, 0.2) is 47.4 Å². The smallest absolute Gasteiger partial charge is 0.261 e. The molecule has 0 unspecified atom stereocenters. The average molecular weight is 400 g/mol. The summed E-state index contributed by atoms with van der Waals surface area (Å²) in [4.78, 5) is 14.0. The normalized spacial score (nSPS) is 11.4. The zero-order chi connectivity index (χ0) is 19.3. The second kappa shape index (κ2) is 8.48. The van der Waals surface area contributed by atoms with Crippen molar-refractivity contribution in [3.63, 3.8) is 0 Å². The molecule has 2 rings (SSSR count). The standard InChI is InChI=1S/C17H19ClFN3O3S/c1-22(2)10-9-20-17(23)15-11-14(7-8-16(15)18)26(24,25)21-13-5-3-12(19)4-6-13/h3-8,11,21H,9-10H2,1-2H3,(H,20,23). The number of benzene rings is 2. The Morgan fingerprint density at radius 3 is 2.42 bits per heavy atom. The Hall–Kier alpha value is -2.16. The van der Waals surface area contributed by atoms with Gasteiger partial charge in [0.1, 0.15) is 5.82 Å². The van der Waals surface area contributed by atoms with Crippen LogP contribution in [0.2, 0.25) is 5.02 Å². The first kappa shape index (κ1) is 20.2. The molecule has 0 saturated carbocycles. The number of nitrogens with one attached hydrogen (secondary N) is 2. The molecule has 0 fully saturated rings. The molecule has 2 aromatic rings. The number of carbonyl (C=O) groups excluding carboxylic acids is 1. The number of hydrogen-bond donors (Lipinski definition) is 2. The molecule has 0 aliphatic carbocycles. The second-order valence-corrected chi connectivity index (χ2v) is 7.90. The van der Waals surface area contributed by atoms with Crippen molar-refractivity contribution in [1.82, 2.24) is 10.2 Å². The van der Waals surface area contributed by atoms with Gasteiger partial charge in [-0.3, -0.25) is 9.52 Å². The minimum absolute atomic E-state index is 0.0624. The summed E-state index contributed by atoms with van der Waals surface area (Å²) < 4.78 is 40.2. The molecule has 0 saturated heterocycles. The van der Waals surface area contributed by atoms with Gasteiger partial charge in [0.15, 0.2) is 0 Å². The van der Waals surface area contributed by atoms with Crippen LogP contribution in [0.1, 0.15) is 10.4 Å². The monoisotopic (exact) mass is 399 g/mol. The third kappa shape index (κ3) is 5.42. The molecule has 6 nitrogen and oxygen atoms in total. The van der Waals surface area contributed by atoms with Gasteiger partial charge in [-0.1, -0.05) is 11.6 Å². The van der Waals surface area contributed by atoms with Gasteiger partial charge in [-0.15, -0.1) is 0 Å². The van der Waals surface area contributed by atoms with Gasteiger partial charge in [-0.25, -0.2) is 12.8 Å². The minimum Gasteiger partial charge on any atom is -0.351 e. The molecule has 2 aromatic carbocycles. The van der Waals surface area contributed by atoms with Crippen molar-refractivity contribution in [2.24, 2.45) is 0 Å². The molecule has 2 N–H and O–H groups in total. The third-order valence-corrected chi connectivity index (χ3v) is 5.14. The summed E-state index contributed by atoms with van der Waals surface area (Å²) in [5, 5.41) is 2.83. The predicted molar refractivity (Wildman–Crippen MR) is 99.5 cm³/mol. The fourth-order valence-electron chi connectivity index (χ4n) is 2.07. The van der Waals surface area contributed by atoms with Gasteiger partial charge in [0, 0.05) is 18.8 Å². The summed E-state index contributed by atoms with van der Waals surface area (Å²) in [5.74, 6) is -0.938. The number of rotatable bonds is 7. The zero-order valence-corrected chi connectivity index (χ0v) is 15.9. The maximum absolute atomic E-state index is 12.9. The van der Waals surface area contributed by atoms with E-state index in [9.17, 15) is 17.6 Å². The molecule has 0 bridgehead atoms. The van der Waals surface area contributed by atoms with Gasteiger partial charge in [0.25, 0.3) is 15.9 Å². The minimum atomic E-state index is -3.95. The van der Waals surface area contributed by atoms with Crippen LogP contribution in [0.25, 0.3) is 0 Å². The van der Waals surface area contributed by atoms with Crippen molar-refractivity contribution in [2.45, 2.75) is 4.90 Å². The number of halogens is 2. The van der Waals surface area contributed by atoms with E-state index in [1.807, 2.05) is 19.0 Å². The first-order valence-electron chi connectivity index (χ1n) is 7.70. The lowest BCUT2D eigenvalue weighted by molar-refractivity contribution is 0.0951. The van der Waals surface area contributed by atoms with Crippen molar-refractivity contribution >= 4 is 33.2 Å². The van der Waals surface area contributed by atoms with Crippen molar-refractivity contribution in [2.75, 3.05) is 31.9 Å². The molecule has 9 heteroatoms. The highest BCUT2D eigenvalue weighted by molar-refractivity contribution is 7.92. The number of carbonyl (C=O) groups is 1. The Morgan fingerprint density at radius 1 is 1.15 bits per heavy atom. The molecular formula is C17H19ClFN3O3S. The van der Waals surface area contributed by atoms with Crippen LogP contribution in [0.5, 0.6) is 0 Å². The third-order valence-electron chi connectivity index (χ3n) is 3.43. The molecule has 1 amide bonds. The van der Waals surface area contributed by atoms with Crippen LogP contribution in [-0.2, 0) is 10.0 Å². The molecule has 26 heavy (non-hydrogen) atoms. The number of hydrogen-bond acceptors (Lipinski definition) is 4. The molecule has 0 spiro atoms. The Balaban J connectivity index is 2.21. The van der Waals surface area contributed by atoms with Gasteiger partial charge in [0.2, 0.25) is 0 Å². The average Bonchev–Trinajstić information content (AvgIpc) is 2.56. The Labute approximate surface area is 157 Å². The predicted octanol–water partition coefficient (Wildman–Crippen LogP) is 2.57. The topological polar surface area (TPSA) is 78.5 Å². The number of sulfonamides is 1. The summed E-state index contributed by atoms with van der Waals surface area (Å²) in [6.45, 7) is 1.03. The summed E-state index contributed by atoms with van der Waals surface area (Å²) in [6.07, 6.45) is 0. The van der Waals surface area contributed by atoms with E-state index in [1.165, 1.54) is 30.3 Å². The maximum atomic E-state index is 12.9. The van der Waals surface area contributed by atoms with Crippen molar-refractivity contribution in [3.8, 4) is 0 Å². The molecule has 140 valence electrons. The van der Waals surface area contributed by atoms with Crippen LogP contribution in [0, 0.1) is 5.82 Å². The Morgan fingerprint density at radius 2 is 1.81 bits per heavy atom. The molecular weight excluding hydrogens is 381 g/mol. The Bertz CT molecular complexity index is 887. The first-order chi connectivity index (χ1) is 12.2. The van der Waals surface area contributed by atoms with Crippen LogP contribution in [0.4, 0.5) is 10.1 Å². The largest absolute Gasteiger partial charge is 0.351 e. The lowest BCUT2D eigenvalue weighted by Crippen LogP contribution is -2.31. The highest BCUT2D eigenvalue weighted by Gasteiger charge is 2.19. The van der Waals surface area contributed by atoms with E-state index in [2.05, 4.69) is 10.0 Å². The zero-order valence-electron chi connectivity index (χ0n) is 14.3. The van der Waals surface area contributed by atoms with Crippen LogP contribution in [0.3, 0.4) is 0 Å². The van der Waals surface area contributed by atoms with E-state index in [1.54, 1.807) is 0 Å². The molecule has 0 aliphatic rings. The fourth-order valence-corrected chi connectivity index (χ4v) is 3.35. The van der Waals surface area contributed by atoms with Gasteiger partial charge < -0.3 is 10.2 Å². The van der Waals surface area contributed by atoms with Crippen LogP contribution in [-0.4, -0.2) is 46.4 Å². The number of likely N-dealkylation sites (N-methyl/N-ethyl adjacent to an activating group) is 1. The summed E-state index contributed by atoms with van der Waals surface area (Å²) >= 11 is 6.03. The first-order valence-corrected chi connectivity index (χ1v) is 9.56. The van der Waals surface area contributed by atoms with E-state index < -0.39 is 21.7 Å². The summed E-state index contributed by atoms with van der Waals surface area (Å²) in [7, 11) is -0.215. The molecule has 0 atom stereocenters. The number of amides is 1. The van der Waals surface area contributed by atoms with Crippen LogP contribution >= 0.6 is 11.6 Å². The van der Waals surface area contributed by atoms with E-state index >= 15 is 0 Å². The van der Waals surface area contributed by atoms with E-state index in [0.29, 0.717) is 13.1 Å². The summed E-state index contributed by atoms with van der Waals surface area (Å²) in [5.41, 5.74) is 0.269. The SMILES string of the molecule is CN(C)CCNC(=O)c1cc(S(=O)(=O)Nc2ccc(F)cc2)ccc1Cl. The van der Waals surface area contributed by atoms with Crippen LogP contribution < -0.4 is 10.0 Å². The van der Waals surface area contributed by atoms with Crippen molar-refractivity contribution < 1.29 is 17.6 Å². The molecule has 0 heterocycles. The fraction of sp³-hybridized carbons (Fsp3) is 0.235. The number of nitrogens with zero attached hydrogens (tertiary/aromatic N) is 1. The summed E-state index contributed by atoms with van der Waals surface area (Å²) in [6, 6.07) is 8.74. The van der Waals surface area contributed by atoms with E-state index in [4.69, 9.17) is 11.6 Å². The van der Waals surface area contributed by atoms with E-state index in [-0.39, 0.29) is 21.2 Å². The van der Waals surface area contributed by atoms with Gasteiger partial charge in [-0.2, -0.15) is 0 Å². The van der Waals surface area contributed by atoms with Gasteiger partial charge >= 0.3 is 0 Å². The maximum Gasteiger partial charge on any atom is 0.261 e. The quantitative estimate of drug-likeness (QED) is 0.750. The molecule has 0 radical (unpaired) electrons. The van der Waals surface area contributed by atoms with Gasteiger partial charge in [-0.05, 0) is 56.6 Å². The van der Waals surface area contributed by atoms with E-state index in [0.717, 1.165) is 12.1 Å². The molecule has 0 aliphatic heterocycles. The lowest BCUT2D eigenvalue weighted by atomic mass is 10.2. The lowest BCUT2D eigenvalue weighted by Gasteiger charge is -2.12. The van der Waals surface area contributed by atoms with Crippen molar-refractivity contribution in [1.29, 1.82) is 0 Å².